The normalized spacial score (nSPS) is 13.1. The average molecular weight is 646 g/mol. The Kier molecular flexibility index (Phi) is 11.8. The van der Waals surface area contributed by atoms with Crippen molar-refractivity contribution in [2.45, 2.75) is 32.3 Å². The molecular formula is C35H40FN5O6. The first-order valence-electron chi connectivity index (χ1n) is 15.5. The van der Waals surface area contributed by atoms with E-state index in [2.05, 4.69) is 20.2 Å². The molecule has 5 rings (SSSR count). The number of halogens is 1. The van der Waals surface area contributed by atoms with Crippen LogP contribution in [-0.4, -0.2) is 68.5 Å². The van der Waals surface area contributed by atoms with Crippen LogP contribution in [0.15, 0.2) is 72.9 Å². The van der Waals surface area contributed by atoms with Crippen LogP contribution < -0.4 is 29.2 Å². The summed E-state index contributed by atoms with van der Waals surface area (Å²) >= 11 is 0. The first-order valence-corrected chi connectivity index (χ1v) is 15.5. The van der Waals surface area contributed by atoms with Crippen LogP contribution in [0.3, 0.4) is 0 Å². The van der Waals surface area contributed by atoms with Crippen LogP contribution in [0.2, 0.25) is 0 Å². The van der Waals surface area contributed by atoms with Gasteiger partial charge in [0.05, 0.1) is 33.1 Å². The molecule has 12 heteroatoms. The molecule has 1 aliphatic heterocycles. The number of benzene rings is 3. The minimum Gasteiger partial charge on any atom is -0.497 e. The molecule has 1 aliphatic rings. The second-order valence-corrected chi connectivity index (χ2v) is 10.9. The van der Waals surface area contributed by atoms with Gasteiger partial charge in [-0.1, -0.05) is 24.6 Å². The van der Waals surface area contributed by atoms with E-state index < -0.39 is 11.9 Å². The average Bonchev–Trinajstić information content (AvgIpc) is 3.09. The third kappa shape index (κ3) is 8.87. The molecule has 1 aromatic heterocycles. The second kappa shape index (κ2) is 16.6. The number of likely N-dealkylation sites (tertiary alicyclic amines) is 1. The van der Waals surface area contributed by atoms with E-state index in [0.717, 1.165) is 26.1 Å². The fraction of sp³-hybridized carbons (Fsp3) is 0.343. The quantitative estimate of drug-likeness (QED) is 0.143. The van der Waals surface area contributed by atoms with Gasteiger partial charge in [-0.05, 0) is 62.7 Å². The second-order valence-electron chi connectivity index (χ2n) is 10.9. The molecule has 47 heavy (non-hydrogen) atoms. The Hall–Kier alpha value is -4.94. The molecule has 0 radical (unpaired) electrons. The molecule has 0 unspecified atom stereocenters. The van der Waals surface area contributed by atoms with Gasteiger partial charge in [0.1, 0.15) is 23.1 Å². The van der Waals surface area contributed by atoms with Crippen LogP contribution in [0, 0.1) is 5.82 Å². The highest BCUT2D eigenvalue weighted by Gasteiger charge is 2.27. The lowest BCUT2D eigenvalue weighted by Gasteiger charge is -2.26. The first kappa shape index (κ1) is 33.4. The van der Waals surface area contributed by atoms with E-state index >= 15 is 0 Å². The fourth-order valence-electron chi connectivity index (χ4n) is 5.31. The summed E-state index contributed by atoms with van der Waals surface area (Å²) in [7, 11) is 4.58. The maximum Gasteiger partial charge on any atom is 0.425 e. The summed E-state index contributed by atoms with van der Waals surface area (Å²) in [4.78, 5) is 26.4. The molecule has 11 nitrogen and oxygen atoms in total. The largest absolute Gasteiger partial charge is 0.497 e. The summed E-state index contributed by atoms with van der Waals surface area (Å²) in [6, 6.07) is 18.2. The van der Waals surface area contributed by atoms with Crippen molar-refractivity contribution in [2.24, 2.45) is 0 Å². The van der Waals surface area contributed by atoms with Gasteiger partial charge in [0, 0.05) is 49.3 Å². The van der Waals surface area contributed by atoms with E-state index in [-0.39, 0.29) is 24.1 Å². The van der Waals surface area contributed by atoms with Crippen molar-refractivity contribution < 1.29 is 32.9 Å². The van der Waals surface area contributed by atoms with Crippen LogP contribution in [-0.2, 0) is 11.3 Å². The van der Waals surface area contributed by atoms with E-state index in [1.807, 2.05) is 12.1 Å². The minimum atomic E-state index is -0.755. The lowest BCUT2D eigenvalue weighted by molar-refractivity contribution is 0.179. The molecule has 2 heterocycles. The predicted octanol–water partition coefficient (Wildman–Crippen LogP) is 7.11. The van der Waals surface area contributed by atoms with Gasteiger partial charge in [0.25, 0.3) is 0 Å². The maximum absolute atomic E-state index is 15.0. The Morgan fingerprint density at radius 3 is 2.53 bits per heavy atom. The zero-order chi connectivity index (χ0) is 33.0. The smallest absolute Gasteiger partial charge is 0.425 e. The number of methoxy groups -OCH3 is 3. The van der Waals surface area contributed by atoms with Crippen molar-refractivity contribution in [1.82, 2.24) is 14.9 Å². The molecule has 0 saturated carbocycles. The molecule has 0 spiro atoms. The summed E-state index contributed by atoms with van der Waals surface area (Å²) in [5.74, 6) is 1.18. The van der Waals surface area contributed by atoms with Crippen LogP contribution >= 0.6 is 0 Å². The molecule has 1 N–H and O–H groups in total. The number of carbonyl (C=O) groups excluding carboxylic acids is 1. The highest BCUT2D eigenvalue weighted by molar-refractivity contribution is 5.98. The Morgan fingerprint density at radius 2 is 1.77 bits per heavy atom. The molecular weight excluding hydrogens is 605 g/mol. The molecule has 1 fully saturated rings. The number of aromatic nitrogens is 2. The van der Waals surface area contributed by atoms with E-state index in [1.54, 1.807) is 55.6 Å². The number of anilines is 4. The van der Waals surface area contributed by atoms with Gasteiger partial charge < -0.3 is 33.9 Å². The topological polar surface area (TPSA) is 108 Å². The third-order valence-electron chi connectivity index (χ3n) is 7.66. The van der Waals surface area contributed by atoms with Crippen molar-refractivity contribution in [3.8, 4) is 23.0 Å². The molecule has 0 atom stereocenters. The Labute approximate surface area is 274 Å². The van der Waals surface area contributed by atoms with E-state index in [4.69, 9.17) is 23.7 Å². The van der Waals surface area contributed by atoms with Gasteiger partial charge in [-0.25, -0.2) is 19.1 Å². The number of piperidine rings is 1. The number of nitrogens with zero attached hydrogens (tertiary/aromatic N) is 4. The highest BCUT2D eigenvalue weighted by atomic mass is 19.1. The van der Waals surface area contributed by atoms with Gasteiger partial charge in [0.15, 0.2) is 11.6 Å². The van der Waals surface area contributed by atoms with Crippen LogP contribution in [0.25, 0.3) is 0 Å². The third-order valence-corrected chi connectivity index (χ3v) is 7.66. The number of hydrogen-bond acceptors (Lipinski definition) is 10. The molecule has 4 aromatic rings. The predicted molar refractivity (Wildman–Crippen MR) is 177 cm³/mol. The Bertz CT molecular complexity index is 1630. The molecule has 0 aliphatic carbocycles. The van der Waals surface area contributed by atoms with E-state index in [1.165, 1.54) is 50.6 Å². The lowest BCUT2D eigenvalue weighted by atomic mass is 10.1. The van der Waals surface area contributed by atoms with Crippen molar-refractivity contribution in [3.63, 3.8) is 0 Å². The zero-order valence-electron chi connectivity index (χ0n) is 26.9. The van der Waals surface area contributed by atoms with Gasteiger partial charge in [0.2, 0.25) is 5.95 Å². The summed E-state index contributed by atoms with van der Waals surface area (Å²) in [5, 5.41) is 3.02. The van der Waals surface area contributed by atoms with E-state index in [9.17, 15) is 9.18 Å². The Morgan fingerprint density at radius 1 is 0.936 bits per heavy atom. The first-order chi connectivity index (χ1) is 23.0. The van der Waals surface area contributed by atoms with Crippen molar-refractivity contribution in [1.29, 1.82) is 0 Å². The van der Waals surface area contributed by atoms with Gasteiger partial charge >= 0.3 is 6.09 Å². The van der Waals surface area contributed by atoms with Crippen LogP contribution in [0.1, 0.15) is 31.2 Å². The minimum absolute atomic E-state index is 0.127. The Balaban J connectivity index is 1.35. The number of para-hydroxylation sites is 1. The number of nitrogens with one attached hydrogen (secondary N) is 1. The van der Waals surface area contributed by atoms with Crippen molar-refractivity contribution in [2.75, 3.05) is 57.8 Å². The SMILES string of the molecule is COCc1ccccc1OC(=O)N(c1ccnc(Nc2ccc(OCCCN3CCCCC3)c(F)c2)n1)c1ccc(OC)cc1OC. The zero-order valence-corrected chi connectivity index (χ0v) is 26.9. The number of hydrogen-bond donors (Lipinski definition) is 1. The molecule has 248 valence electrons. The van der Waals surface area contributed by atoms with Crippen LogP contribution in [0.4, 0.5) is 32.3 Å². The monoisotopic (exact) mass is 645 g/mol. The van der Waals surface area contributed by atoms with Crippen molar-refractivity contribution >= 4 is 29.2 Å². The molecule has 1 amide bonds. The summed E-state index contributed by atoms with van der Waals surface area (Å²) in [6.07, 6.45) is 5.32. The summed E-state index contributed by atoms with van der Waals surface area (Å²) < 4.78 is 42.8. The van der Waals surface area contributed by atoms with Gasteiger partial charge in [-0.15, -0.1) is 0 Å². The number of rotatable bonds is 14. The molecule has 0 bridgehead atoms. The fourth-order valence-corrected chi connectivity index (χ4v) is 5.31. The highest BCUT2D eigenvalue weighted by Crippen LogP contribution is 2.37. The van der Waals surface area contributed by atoms with Crippen molar-refractivity contribution in [3.05, 3.63) is 84.3 Å². The number of amides is 1. The number of ether oxygens (including phenoxy) is 5. The molecule has 3 aromatic carbocycles. The van der Waals surface area contributed by atoms with Crippen LogP contribution in [0.5, 0.6) is 23.0 Å². The lowest BCUT2D eigenvalue weighted by Crippen LogP contribution is -2.31. The van der Waals surface area contributed by atoms with Gasteiger partial charge in [-0.2, -0.15) is 4.98 Å². The molecule has 1 saturated heterocycles. The maximum atomic E-state index is 15.0. The van der Waals surface area contributed by atoms with Gasteiger partial charge in [-0.3, -0.25) is 0 Å². The standard InChI is InChI=1S/C35H40FN5O6/c1-43-24-25-10-5-6-11-30(25)47-35(42)41(29-14-13-27(44-2)23-32(29)45-3)33-16-17-37-34(39-33)38-26-12-15-31(28(36)22-26)46-21-9-20-40-18-7-4-8-19-40/h5-6,10-17,22-23H,4,7-9,18-21,24H2,1-3H3,(H,37,38,39). The van der Waals surface area contributed by atoms with E-state index in [0.29, 0.717) is 40.8 Å². The number of carbonyl (C=O) groups is 1. The summed E-state index contributed by atoms with van der Waals surface area (Å²) in [6.45, 7) is 3.86. The summed E-state index contributed by atoms with van der Waals surface area (Å²) in [5.41, 5.74) is 1.44.